The van der Waals surface area contributed by atoms with Crippen molar-refractivity contribution in [1.82, 2.24) is 9.97 Å². The van der Waals surface area contributed by atoms with E-state index in [2.05, 4.69) is 15.3 Å². The molecular weight excluding hydrogens is 233 g/mol. The molecule has 1 aromatic heterocycles. The average molecular weight is 242 g/mol. The topological polar surface area (TPSA) is 40.7 Å². The van der Waals surface area contributed by atoms with Crippen molar-refractivity contribution in [3.63, 3.8) is 0 Å². The Morgan fingerprint density at radius 1 is 1.27 bits per heavy atom. The number of nitrogens with zero attached hydrogens (tertiary/aromatic N) is 1. The third-order valence-electron chi connectivity index (χ3n) is 1.91. The summed E-state index contributed by atoms with van der Waals surface area (Å²) < 4.78 is 0. The van der Waals surface area contributed by atoms with E-state index in [-0.39, 0.29) is 0 Å². The zero-order chi connectivity index (χ0) is 10.8. The number of anilines is 2. The van der Waals surface area contributed by atoms with Crippen LogP contribution in [-0.4, -0.2) is 9.97 Å². The number of hydrogen-bond acceptors (Lipinski definition) is 2. The number of aromatic amines is 1. The van der Waals surface area contributed by atoms with Crippen LogP contribution in [0.2, 0.25) is 10.0 Å². The Balaban J connectivity index is 2.31. The molecule has 0 aliphatic heterocycles. The highest BCUT2D eigenvalue weighted by atomic mass is 35.5. The summed E-state index contributed by atoms with van der Waals surface area (Å²) in [5.41, 5.74) is 1.64. The van der Waals surface area contributed by atoms with Gasteiger partial charge in [0, 0.05) is 11.9 Å². The molecule has 0 bridgehead atoms. The number of H-pyrrole nitrogens is 1. The van der Waals surface area contributed by atoms with Crippen LogP contribution in [0.3, 0.4) is 0 Å². The Labute approximate surface area is 97.4 Å². The first-order chi connectivity index (χ1) is 7.16. The monoisotopic (exact) mass is 241 g/mol. The van der Waals surface area contributed by atoms with E-state index >= 15 is 0 Å². The second-order valence-corrected chi connectivity index (χ2v) is 3.95. The lowest BCUT2D eigenvalue weighted by atomic mass is 10.3. The van der Waals surface area contributed by atoms with Gasteiger partial charge in [-0.1, -0.05) is 29.3 Å². The van der Waals surface area contributed by atoms with E-state index in [1.54, 1.807) is 24.4 Å². The molecule has 0 unspecified atom stereocenters. The van der Waals surface area contributed by atoms with E-state index in [1.807, 2.05) is 6.92 Å². The number of aromatic nitrogens is 2. The van der Waals surface area contributed by atoms with Gasteiger partial charge in [0.1, 0.15) is 0 Å². The first-order valence-corrected chi connectivity index (χ1v) is 5.15. The second kappa shape index (κ2) is 4.13. The van der Waals surface area contributed by atoms with Crippen LogP contribution in [0.5, 0.6) is 0 Å². The van der Waals surface area contributed by atoms with Gasteiger partial charge >= 0.3 is 0 Å². The molecule has 3 nitrogen and oxygen atoms in total. The maximum Gasteiger partial charge on any atom is 0.204 e. The van der Waals surface area contributed by atoms with Crippen LogP contribution in [0.1, 0.15) is 5.69 Å². The van der Waals surface area contributed by atoms with Crippen molar-refractivity contribution in [2.45, 2.75) is 6.92 Å². The van der Waals surface area contributed by atoms with Gasteiger partial charge in [-0.05, 0) is 19.1 Å². The molecule has 0 atom stereocenters. The SMILES string of the molecule is Cc1cnc(Nc2c(Cl)cccc2Cl)[nH]1. The second-order valence-electron chi connectivity index (χ2n) is 3.14. The molecule has 0 amide bonds. The fourth-order valence-corrected chi connectivity index (χ4v) is 1.70. The lowest BCUT2D eigenvalue weighted by molar-refractivity contribution is 1.24. The van der Waals surface area contributed by atoms with E-state index in [9.17, 15) is 0 Å². The fourth-order valence-electron chi connectivity index (χ4n) is 1.21. The van der Waals surface area contributed by atoms with Gasteiger partial charge < -0.3 is 10.3 Å². The standard InChI is InChI=1S/C10H9Cl2N3/c1-6-5-13-10(14-6)15-9-7(11)3-2-4-8(9)12/h2-5H,1H3,(H2,13,14,15). The highest BCUT2D eigenvalue weighted by Gasteiger charge is 2.06. The summed E-state index contributed by atoms with van der Waals surface area (Å²) in [6, 6.07) is 5.33. The molecule has 0 aliphatic rings. The van der Waals surface area contributed by atoms with Gasteiger partial charge in [-0.15, -0.1) is 0 Å². The van der Waals surface area contributed by atoms with Crippen molar-refractivity contribution in [1.29, 1.82) is 0 Å². The summed E-state index contributed by atoms with van der Waals surface area (Å²) >= 11 is 12.0. The van der Waals surface area contributed by atoms with E-state index < -0.39 is 0 Å². The normalized spacial score (nSPS) is 10.3. The summed E-state index contributed by atoms with van der Waals surface area (Å²) in [6.07, 6.45) is 1.73. The molecule has 15 heavy (non-hydrogen) atoms. The number of imidazole rings is 1. The van der Waals surface area contributed by atoms with Crippen LogP contribution < -0.4 is 5.32 Å². The molecule has 1 aromatic carbocycles. The van der Waals surface area contributed by atoms with Gasteiger partial charge in [-0.25, -0.2) is 4.98 Å². The highest BCUT2D eigenvalue weighted by molar-refractivity contribution is 6.39. The van der Waals surface area contributed by atoms with Crippen molar-refractivity contribution in [2.24, 2.45) is 0 Å². The molecule has 0 fully saturated rings. The minimum Gasteiger partial charge on any atom is -0.328 e. The molecule has 78 valence electrons. The Morgan fingerprint density at radius 3 is 2.47 bits per heavy atom. The van der Waals surface area contributed by atoms with Crippen molar-refractivity contribution >= 4 is 34.8 Å². The summed E-state index contributed by atoms with van der Waals surface area (Å²) in [4.78, 5) is 7.15. The van der Waals surface area contributed by atoms with Gasteiger partial charge in [0.05, 0.1) is 15.7 Å². The van der Waals surface area contributed by atoms with E-state index in [1.165, 1.54) is 0 Å². The maximum absolute atomic E-state index is 6.00. The molecule has 2 rings (SSSR count). The predicted molar refractivity (Wildman–Crippen MR) is 63.1 cm³/mol. The molecular formula is C10H9Cl2N3. The molecule has 1 heterocycles. The first kappa shape index (κ1) is 10.3. The number of rotatable bonds is 2. The van der Waals surface area contributed by atoms with Crippen LogP contribution in [0.25, 0.3) is 0 Å². The quantitative estimate of drug-likeness (QED) is 0.841. The smallest absolute Gasteiger partial charge is 0.204 e. The summed E-state index contributed by atoms with van der Waals surface area (Å²) in [6.45, 7) is 1.92. The molecule has 5 heteroatoms. The molecule has 0 radical (unpaired) electrons. The Kier molecular flexibility index (Phi) is 2.84. The van der Waals surface area contributed by atoms with Gasteiger partial charge in [0.2, 0.25) is 5.95 Å². The van der Waals surface area contributed by atoms with Crippen LogP contribution in [-0.2, 0) is 0 Å². The highest BCUT2D eigenvalue weighted by Crippen LogP contribution is 2.31. The average Bonchev–Trinajstić information content (AvgIpc) is 2.58. The largest absolute Gasteiger partial charge is 0.328 e. The zero-order valence-corrected chi connectivity index (χ0v) is 9.52. The predicted octanol–water partition coefficient (Wildman–Crippen LogP) is 3.77. The number of para-hydroxylation sites is 1. The van der Waals surface area contributed by atoms with Crippen molar-refractivity contribution < 1.29 is 0 Å². The lowest BCUT2D eigenvalue weighted by Gasteiger charge is -2.07. The fraction of sp³-hybridized carbons (Fsp3) is 0.100. The van der Waals surface area contributed by atoms with Crippen molar-refractivity contribution in [3.8, 4) is 0 Å². The number of hydrogen-bond donors (Lipinski definition) is 2. The van der Waals surface area contributed by atoms with Crippen LogP contribution in [0.4, 0.5) is 11.6 Å². The van der Waals surface area contributed by atoms with E-state index in [0.29, 0.717) is 21.7 Å². The molecule has 0 aliphatic carbocycles. The Morgan fingerprint density at radius 2 is 1.93 bits per heavy atom. The summed E-state index contributed by atoms with van der Waals surface area (Å²) in [7, 11) is 0. The Bertz CT molecular complexity index is 459. The number of aryl methyl sites for hydroxylation is 1. The van der Waals surface area contributed by atoms with Gasteiger partial charge in [-0.2, -0.15) is 0 Å². The summed E-state index contributed by atoms with van der Waals surface area (Å²) in [5, 5.41) is 4.16. The van der Waals surface area contributed by atoms with Crippen LogP contribution in [0.15, 0.2) is 24.4 Å². The minimum absolute atomic E-state index is 0.566. The minimum atomic E-state index is 0.566. The maximum atomic E-state index is 6.00. The summed E-state index contributed by atoms with van der Waals surface area (Å²) in [5.74, 6) is 0.627. The molecule has 0 saturated heterocycles. The van der Waals surface area contributed by atoms with Crippen molar-refractivity contribution in [2.75, 3.05) is 5.32 Å². The number of benzene rings is 1. The molecule has 2 N–H and O–H groups in total. The third-order valence-corrected chi connectivity index (χ3v) is 2.54. The first-order valence-electron chi connectivity index (χ1n) is 4.39. The third kappa shape index (κ3) is 2.25. The van der Waals surface area contributed by atoms with Crippen LogP contribution >= 0.6 is 23.2 Å². The molecule has 0 spiro atoms. The van der Waals surface area contributed by atoms with Gasteiger partial charge in [0.15, 0.2) is 0 Å². The lowest BCUT2D eigenvalue weighted by Crippen LogP contribution is -1.94. The van der Waals surface area contributed by atoms with E-state index in [0.717, 1.165) is 5.69 Å². The molecule has 0 saturated carbocycles. The molecule has 2 aromatic rings. The van der Waals surface area contributed by atoms with Crippen molar-refractivity contribution in [3.05, 3.63) is 40.1 Å². The van der Waals surface area contributed by atoms with Gasteiger partial charge in [0.25, 0.3) is 0 Å². The number of nitrogens with one attached hydrogen (secondary N) is 2. The number of halogens is 2. The zero-order valence-electron chi connectivity index (χ0n) is 8.01. The van der Waals surface area contributed by atoms with Crippen LogP contribution in [0, 0.1) is 6.92 Å². The van der Waals surface area contributed by atoms with E-state index in [4.69, 9.17) is 23.2 Å². The van der Waals surface area contributed by atoms with Gasteiger partial charge in [-0.3, -0.25) is 0 Å². The Hall–Kier alpha value is -1.19.